The Morgan fingerprint density at radius 2 is 2.12 bits per heavy atom. The first-order chi connectivity index (χ1) is 7.61. The average Bonchev–Trinajstić information content (AvgIpc) is 2.98. The van der Waals surface area contributed by atoms with E-state index >= 15 is 0 Å². The Morgan fingerprint density at radius 1 is 1.38 bits per heavy atom. The van der Waals surface area contributed by atoms with Crippen molar-refractivity contribution in [1.29, 1.82) is 0 Å². The molecule has 4 heteroatoms. The van der Waals surface area contributed by atoms with Gasteiger partial charge in [0, 0.05) is 6.61 Å². The van der Waals surface area contributed by atoms with Crippen molar-refractivity contribution < 1.29 is 5.11 Å². The monoisotopic (exact) mass is 259 g/mol. The minimum Gasteiger partial charge on any atom is -0.396 e. The molecular weight excluding hydrogens is 245 g/mol. The van der Waals surface area contributed by atoms with Crippen LogP contribution in [0, 0.1) is 11.3 Å². The van der Waals surface area contributed by atoms with Gasteiger partial charge >= 0.3 is 0 Å². The number of hydrogen-bond acceptors (Lipinski definition) is 2. The van der Waals surface area contributed by atoms with E-state index in [-0.39, 0.29) is 12.0 Å². The normalized spacial score (nSPS) is 28.1. The molecule has 1 aromatic rings. The quantitative estimate of drug-likeness (QED) is 0.873. The summed E-state index contributed by atoms with van der Waals surface area (Å²) >= 11 is 11.8. The maximum absolute atomic E-state index is 9.15. The first kappa shape index (κ1) is 12.2. The predicted molar refractivity (Wildman–Crippen MR) is 66.8 cm³/mol. The van der Waals surface area contributed by atoms with E-state index in [0.717, 1.165) is 18.4 Å². The second-order valence-corrected chi connectivity index (χ2v) is 5.39. The highest BCUT2D eigenvalue weighted by Crippen LogP contribution is 2.53. The topological polar surface area (TPSA) is 46.2 Å². The highest BCUT2D eigenvalue weighted by atomic mass is 35.5. The molecule has 2 rings (SSSR count). The minimum atomic E-state index is 0.0753. The van der Waals surface area contributed by atoms with Crippen LogP contribution in [-0.4, -0.2) is 18.3 Å². The lowest BCUT2D eigenvalue weighted by atomic mass is 9.94. The van der Waals surface area contributed by atoms with Crippen molar-refractivity contribution >= 4 is 23.2 Å². The zero-order valence-electron chi connectivity index (χ0n) is 8.92. The fourth-order valence-corrected chi connectivity index (χ4v) is 2.61. The summed E-state index contributed by atoms with van der Waals surface area (Å²) in [6.07, 6.45) is 1.87. The molecule has 88 valence electrons. The molecule has 0 aromatic heterocycles. The molecule has 2 nitrogen and oxygen atoms in total. The number of benzene rings is 1. The van der Waals surface area contributed by atoms with Crippen LogP contribution in [0.15, 0.2) is 18.2 Å². The number of nitrogens with two attached hydrogens (primary N) is 1. The van der Waals surface area contributed by atoms with E-state index in [2.05, 4.69) is 0 Å². The van der Waals surface area contributed by atoms with Crippen molar-refractivity contribution in [1.82, 2.24) is 0 Å². The zero-order valence-corrected chi connectivity index (χ0v) is 10.4. The molecule has 1 saturated carbocycles. The number of aliphatic hydroxyl groups excluding tert-OH is 1. The van der Waals surface area contributed by atoms with Gasteiger partial charge in [-0.15, -0.1) is 0 Å². The molecule has 0 bridgehead atoms. The van der Waals surface area contributed by atoms with Gasteiger partial charge in [0.1, 0.15) is 0 Å². The molecule has 1 aliphatic rings. The molecule has 3 N–H and O–H groups in total. The maximum atomic E-state index is 9.15. The lowest BCUT2D eigenvalue weighted by molar-refractivity contribution is 0.249. The number of halogens is 2. The van der Waals surface area contributed by atoms with Crippen LogP contribution in [0.25, 0.3) is 0 Å². The van der Waals surface area contributed by atoms with Crippen LogP contribution in [0.3, 0.4) is 0 Å². The van der Waals surface area contributed by atoms with Crippen LogP contribution in [0.5, 0.6) is 0 Å². The molecule has 1 fully saturated rings. The van der Waals surface area contributed by atoms with Gasteiger partial charge in [-0.05, 0) is 48.4 Å². The van der Waals surface area contributed by atoms with Crippen molar-refractivity contribution in [2.24, 2.45) is 17.1 Å². The van der Waals surface area contributed by atoms with Crippen LogP contribution < -0.4 is 5.73 Å². The summed E-state index contributed by atoms with van der Waals surface area (Å²) in [4.78, 5) is 0. The standard InChI is InChI=1S/C12H15Cl2NO/c13-10-2-1-8(3-11(10)14)4-12(7-15)5-9(12)6-16/h1-3,9,16H,4-7,15H2/t9-,12+/m1/s1. The number of hydrogen-bond donors (Lipinski definition) is 2. The van der Waals surface area contributed by atoms with Crippen LogP contribution in [-0.2, 0) is 6.42 Å². The fourth-order valence-electron chi connectivity index (χ4n) is 2.28. The Morgan fingerprint density at radius 3 is 2.62 bits per heavy atom. The van der Waals surface area contributed by atoms with Gasteiger partial charge in [-0.2, -0.15) is 0 Å². The molecule has 16 heavy (non-hydrogen) atoms. The minimum absolute atomic E-state index is 0.0753. The number of aliphatic hydroxyl groups is 1. The van der Waals surface area contributed by atoms with Crippen LogP contribution in [0.4, 0.5) is 0 Å². The van der Waals surface area contributed by atoms with Crippen molar-refractivity contribution in [3.63, 3.8) is 0 Å². The summed E-state index contributed by atoms with van der Waals surface area (Å²) in [5.41, 5.74) is 6.99. The second kappa shape index (κ2) is 4.53. The third-order valence-corrected chi connectivity index (χ3v) is 4.26. The zero-order chi connectivity index (χ0) is 11.8. The summed E-state index contributed by atoms with van der Waals surface area (Å²) < 4.78 is 0. The molecule has 0 heterocycles. The van der Waals surface area contributed by atoms with Crippen molar-refractivity contribution in [3.8, 4) is 0 Å². The molecule has 0 saturated heterocycles. The van der Waals surface area contributed by atoms with Crippen LogP contribution >= 0.6 is 23.2 Å². The Balaban J connectivity index is 2.12. The number of rotatable bonds is 4. The van der Waals surface area contributed by atoms with E-state index in [1.54, 1.807) is 6.07 Å². The lowest BCUT2D eigenvalue weighted by Crippen LogP contribution is -2.21. The smallest absolute Gasteiger partial charge is 0.0595 e. The van der Waals surface area contributed by atoms with E-state index < -0.39 is 0 Å². The molecular formula is C12H15Cl2NO. The van der Waals surface area contributed by atoms with Gasteiger partial charge in [-0.3, -0.25) is 0 Å². The first-order valence-corrected chi connectivity index (χ1v) is 6.12. The molecule has 0 radical (unpaired) electrons. The van der Waals surface area contributed by atoms with Gasteiger partial charge in [-0.25, -0.2) is 0 Å². The first-order valence-electron chi connectivity index (χ1n) is 5.36. The largest absolute Gasteiger partial charge is 0.396 e. The van der Waals surface area contributed by atoms with Gasteiger partial charge in [0.05, 0.1) is 10.0 Å². The molecule has 1 aliphatic carbocycles. The molecule has 0 aliphatic heterocycles. The highest BCUT2D eigenvalue weighted by molar-refractivity contribution is 6.42. The van der Waals surface area contributed by atoms with Crippen LogP contribution in [0.2, 0.25) is 10.0 Å². The van der Waals surface area contributed by atoms with E-state index in [0.29, 0.717) is 22.5 Å². The van der Waals surface area contributed by atoms with Crippen molar-refractivity contribution in [2.45, 2.75) is 12.8 Å². The van der Waals surface area contributed by atoms with Crippen molar-refractivity contribution in [3.05, 3.63) is 33.8 Å². The van der Waals surface area contributed by atoms with E-state index in [4.69, 9.17) is 34.0 Å². The Bertz CT molecular complexity index is 397. The van der Waals surface area contributed by atoms with E-state index in [1.807, 2.05) is 12.1 Å². The summed E-state index contributed by atoms with van der Waals surface area (Å²) in [6, 6.07) is 5.66. The van der Waals surface area contributed by atoms with E-state index in [1.165, 1.54) is 0 Å². The summed E-state index contributed by atoms with van der Waals surface area (Å²) in [7, 11) is 0. The van der Waals surface area contributed by atoms with Gasteiger partial charge in [0.25, 0.3) is 0 Å². The Kier molecular flexibility index (Phi) is 3.45. The van der Waals surface area contributed by atoms with Gasteiger partial charge < -0.3 is 10.8 Å². The molecule has 2 atom stereocenters. The summed E-state index contributed by atoms with van der Waals surface area (Å²) in [5.74, 6) is 0.340. The Hall–Kier alpha value is -0.280. The third kappa shape index (κ3) is 2.21. The molecule has 1 aromatic carbocycles. The van der Waals surface area contributed by atoms with Gasteiger partial charge in [0.2, 0.25) is 0 Å². The van der Waals surface area contributed by atoms with E-state index in [9.17, 15) is 0 Å². The van der Waals surface area contributed by atoms with Gasteiger partial charge in [0.15, 0.2) is 0 Å². The summed E-state index contributed by atoms with van der Waals surface area (Å²) in [6.45, 7) is 0.830. The lowest BCUT2D eigenvalue weighted by Gasteiger charge is -2.14. The fraction of sp³-hybridized carbons (Fsp3) is 0.500. The predicted octanol–water partition coefficient (Wildman–Crippen LogP) is 2.49. The maximum Gasteiger partial charge on any atom is 0.0595 e. The highest BCUT2D eigenvalue weighted by Gasteiger charge is 2.52. The van der Waals surface area contributed by atoms with Crippen LogP contribution in [0.1, 0.15) is 12.0 Å². The van der Waals surface area contributed by atoms with Gasteiger partial charge in [-0.1, -0.05) is 29.3 Å². The molecule has 0 unspecified atom stereocenters. The van der Waals surface area contributed by atoms with Crippen molar-refractivity contribution in [2.75, 3.05) is 13.2 Å². The SMILES string of the molecule is NC[C@]1(Cc2ccc(Cl)c(Cl)c2)C[C@@H]1CO. The summed E-state index contributed by atoms with van der Waals surface area (Å²) in [5, 5.41) is 10.3. The Labute approximate surface area is 105 Å². The molecule has 0 amide bonds. The second-order valence-electron chi connectivity index (χ2n) is 4.58. The average molecular weight is 260 g/mol. The molecule has 0 spiro atoms. The third-order valence-electron chi connectivity index (χ3n) is 3.53.